The molecule has 1 heterocycles. The minimum Gasteiger partial charge on any atom is -0.345 e. The molecule has 0 saturated heterocycles. The van der Waals surface area contributed by atoms with Gasteiger partial charge in [-0.05, 0) is 37.0 Å². The monoisotopic (exact) mass is 333 g/mol. The van der Waals surface area contributed by atoms with Crippen LogP contribution in [0.2, 0.25) is 0 Å². The summed E-state index contributed by atoms with van der Waals surface area (Å²) in [7, 11) is 0. The van der Waals surface area contributed by atoms with Crippen molar-refractivity contribution in [3.05, 3.63) is 76.6 Å². The summed E-state index contributed by atoms with van der Waals surface area (Å²) in [5, 5.41) is 7.91. The fourth-order valence-corrected chi connectivity index (χ4v) is 3.50. The van der Waals surface area contributed by atoms with Crippen LogP contribution in [0.4, 0.5) is 0 Å². The van der Waals surface area contributed by atoms with Crippen LogP contribution in [0.25, 0.3) is 10.9 Å². The van der Waals surface area contributed by atoms with Gasteiger partial charge in [0.25, 0.3) is 0 Å². The second-order valence-electron chi connectivity index (χ2n) is 6.53. The number of hydrogen-bond donors (Lipinski definition) is 1. The lowest BCUT2D eigenvalue weighted by molar-refractivity contribution is -0.125. The highest BCUT2D eigenvalue weighted by Gasteiger charge is 2.39. The topological polar surface area (TPSA) is 64.0 Å². The van der Waals surface area contributed by atoms with Gasteiger partial charge in [0.15, 0.2) is 0 Å². The van der Waals surface area contributed by atoms with E-state index in [0.29, 0.717) is 10.9 Å². The highest BCUT2D eigenvalue weighted by Crippen LogP contribution is 2.41. The molecule has 126 valence electrons. The molecule has 25 heavy (non-hydrogen) atoms. The first-order chi connectivity index (χ1) is 12.2. The summed E-state index contributed by atoms with van der Waals surface area (Å²) in [6.07, 6.45) is 4.27. The van der Waals surface area contributed by atoms with Gasteiger partial charge in [0, 0.05) is 5.39 Å². The van der Waals surface area contributed by atoms with Crippen LogP contribution in [0.3, 0.4) is 0 Å². The van der Waals surface area contributed by atoms with E-state index in [0.717, 1.165) is 24.8 Å². The molecule has 1 amide bonds. The van der Waals surface area contributed by atoms with Crippen LogP contribution in [0.5, 0.6) is 0 Å². The van der Waals surface area contributed by atoms with Crippen LogP contribution in [0, 0.1) is 0 Å². The molecule has 1 aliphatic rings. The van der Waals surface area contributed by atoms with Gasteiger partial charge in [0.1, 0.15) is 6.54 Å². The summed E-state index contributed by atoms with van der Waals surface area (Å²) >= 11 is 0. The molecule has 0 bridgehead atoms. The number of hydrogen-bond acceptors (Lipinski definition) is 3. The largest absolute Gasteiger partial charge is 0.345 e. The van der Waals surface area contributed by atoms with Crippen molar-refractivity contribution in [3.8, 4) is 0 Å². The Morgan fingerprint density at radius 1 is 1.08 bits per heavy atom. The summed E-state index contributed by atoms with van der Waals surface area (Å²) < 4.78 is 1.59. The van der Waals surface area contributed by atoms with Crippen molar-refractivity contribution in [3.63, 3.8) is 0 Å². The number of para-hydroxylation sites is 1. The van der Waals surface area contributed by atoms with Gasteiger partial charge in [0.05, 0.1) is 17.3 Å². The third-order valence-corrected chi connectivity index (χ3v) is 4.97. The van der Waals surface area contributed by atoms with Gasteiger partial charge in [0.2, 0.25) is 11.3 Å². The fraction of sp³-hybridized carbons (Fsp3) is 0.250. The number of benzene rings is 2. The van der Waals surface area contributed by atoms with Crippen molar-refractivity contribution in [1.82, 2.24) is 15.1 Å². The van der Waals surface area contributed by atoms with E-state index >= 15 is 0 Å². The molecule has 2 aromatic carbocycles. The van der Waals surface area contributed by atoms with E-state index in [1.54, 1.807) is 10.7 Å². The molecule has 1 N–H and O–H groups in total. The number of fused-ring (bicyclic) bond motifs is 1. The van der Waals surface area contributed by atoms with E-state index < -0.39 is 0 Å². The fourth-order valence-electron chi connectivity index (χ4n) is 3.50. The van der Waals surface area contributed by atoms with E-state index in [-0.39, 0.29) is 23.4 Å². The zero-order chi connectivity index (χ0) is 17.3. The third-order valence-electron chi connectivity index (χ3n) is 4.97. The molecule has 1 aromatic heterocycles. The van der Waals surface area contributed by atoms with Crippen LogP contribution in [-0.4, -0.2) is 15.7 Å². The third kappa shape index (κ3) is 2.82. The van der Waals surface area contributed by atoms with Crippen LogP contribution < -0.4 is 10.7 Å². The normalized spacial score (nSPS) is 15.5. The minimum atomic E-state index is -0.271. The predicted octanol–water partition coefficient (Wildman–Crippen LogP) is 2.59. The Bertz CT molecular complexity index is 975. The second-order valence-corrected chi connectivity index (χ2v) is 6.53. The Labute approximate surface area is 145 Å². The zero-order valence-electron chi connectivity index (χ0n) is 13.8. The number of rotatable bonds is 4. The first-order valence-corrected chi connectivity index (χ1v) is 8.49. The molecular formula is C20H19N3O2. The standard InChI is InChI=1S/C20H19N3O2/c24-18-13-21-23(17-10-5-4-9-16(17)18)14-19(25)22-20(11-6-12-20)15-7-2-1-3-8-15/h1-5,7-10,13H,6,11-12,14H2,(H,22,25). The number of nitrogens with zero attached hydrogens (tertiary/aromatic N) is 2. The average molecular weight is 333 g/mol. The Morgan fingerprint density at radius 2 is 1.80 bits per heavy atom. The minimum absolute atomic E-state index is 0.0926. The maximum absolute atomic E-state index is 12.7. The number of carbonyl (C=O) groups is 1. The van der Waals surface area contributed by atoms with Crippen molar-refractivity contribution in [2.75, 3.05) is 0 Å². The lowest BCUT2D eigenvalue weighted by Crippen LogP contribution is -2.51. The van der Waals surface area contributed by atoms with E-state index in [2.05, 4.69) is 22.5 Å². The highest BCUT2D eigenvalue weighted by molar-refractivity contribution is 5.82. The Kier molecular flexibility index (Phi) is 3.84. The Balaban J connectivity index is 1.59. The van der Waals surface area contributed by atoms with Gasteiger partial charge in [-0.1, -0.05) is 42.5 Å². The lowest BCUT2D eigenvalue weighted by Gasteiger charge is -2.43. The molecule has 1 fully saturated rings. The number of aromatic nitrogens is 2. The molecule has 0 atom stereocenters. The average Bonchev–Trinajstić information content (AvgIpc) is 2.62. The summed E-state index contributed by atoms with van der Waals surface area (Å²) in [5.41, 5.74) is 1.42. The molecule has 5 nitrogen and oxygen atoms in total. The maximum Gasteiger partial charge on any atom is 0.242 e. The second kappa shape index (κ2) is 6.16. The summed E-state index contributed by atoms with van der Waals surface area (Å²) in [4.78, 5) is 24.6. The van der Waals surface area contributed by atoms with E-state index in [4.69, 9.17) is 0 Å². The number of amides is 1. The molecule has 0 unspecified atom stereocenters. The van der Waals surface area contributed by atoms with E-state index in [1.807, 2.05) is 36.4 Å². The molecular weight excluding hydrogens is 314 g/mol. The molecule has 1 aliphatic carbocycles. The Hall–Kier alpha value is -2.95. The van der Waals surface area contributed by atoms with Crippen LogP contribution >= 0.6 is 0 Å². The van der Waals surface area contributed by atoms with Crippen molar-refractivity contribution in [2.45, 2.75) is 31.3 Å². The number of nitrogens with one attached hydrogen (secondary N) is 1. The summed E-state index contributed by atoms with van der Waals surface area (Å²) in [6, 6.07) is 17.3. The van der Waals surface area contributed by atoms with Crippen molar-refractivity contribution < 1.29 is 4.79 Å². The first kappa shape index (κ1) is 15.6. The van der Waals surface area contributed by atoms with Gasteiger partial charge in [-0.3, -0.25) is 14.3 Å². The van der Waals surface area contributed by atoms with Gasteiger partial charge in [-0.15, -0.1) is 0 Å². The molecule has 5 heteroatoms. The SMILES string of the molecule is O=C(Cn1ncc(=O)c2ccccc21)NC1(c2ccccc2)CCC1. The van der Waals surface area contributed by atoms with Gasteiger partial charge >= 0.3 is 0 Å². The van der Waals surface area contributed by atoms with Crippen molar-refractivity contribution >= 4 is 16.8 Å². The molecule has 3 aromatic rings. The van der Waals surface area contributed by atoms with Crippen molar-refractivity contribution in [1.29, 1.82) is 0 Å². The smallest absolute Gasteiger partial charge is 0.242 e. The molecule has 4 rings (SSSR count). The first-order valence-electron chi connectivity index (χ1n) is 8.49. The van der Waals surface area contributed by atoms with Gasteiger partial charge in [-0.25, -0.2) is 0 Å². The molecule has 0 spiro atoms. The van der Waals surface area contributed by atoms with Gasteiger partial charge < -0.3 is 5.32 Å². The quantitative estimate of drug-likeness (QED) is 0.798. The Morgan fingerprint density at radius 3 is 2.52 bits per heavy atom. The molecule has 0 aliphatic heterocycles. The van der Waals surface area contributed by atoms with E-state index in [1.165, 1.54) is 6.20 Å². The highest BCUT2D eigenvalue weighted by atomic mass is 16.2. The number of carbonyl (C=O) groups excluding carboxylic acids is 1. The molecule has 0 radical (unpaired) electrons. The summed E-state index contributed by atoms with van der Waals surface area (Å²) in [6.45, 7) is 0.0926. The zero-order valence-corrected chi connectivity index (χ0v) is 13.8. The predicted molar refractivity (Wildman–Crippen MR) is 96.1 cm³/mol. The molecule has 1 saturated carbocycles. The van der Waals surface area contributed by atoms with E-state index in [9.17, 15) is 9.59 Å². The summed E-state index contributed by atoms with van der Waals surface area (Å²) in [5.74, 6) is -0.0927. The lowest BCUT2D eigenvalue weighted by atomic mass is 9.72. The van der Waals surface area contributed by atoms with Crippen LogP contribution in [0.15, 0.2) is 65.6 Å². The van der Waals surface area contributed by atoms with Gasteiger partial charge in [-0.2, -0.15) is 5.10 Å². The van der Waals surface area contributed by atoms with Crippen LogP contribution in [-0.2, 0) is 16.9 Å². The maximum atomic E-state index is 12.7. The van der Waals surface area contributed by atoms with Crippen LogP contribution in [0.1, 0.15) is 24.8 Å². The van der Waals surface area contributed by atoms with Crippen molar-refractivity contribution in [2.24, 2.45) is 0 Å².